The number of carbonyl (C=O) groups is 2. The lowest BCUT2D eigenvalue weighted by atomic mass is 9.98. The number of nitrogens with one attached hydrogen (secondary N) is 1. The smallest absolute Gasteiger partial charge is 0.325 e. The summed E-state index contributed by atoms with van der Waals surface area (Å²) in [6, 6.07) is 20.2. The minimum absolute atomic E-state index is 0.0124. The van der Waals surface area contributed by atoms with E-state index in [0.29, 0.717) is 12.2 Å². The standard InChI is InChI=1S/C28H30N2O4/c1-28(2,3)34-26(31)13-12-19-14-15-29-25(16-19)30-17-27(32)33-18-24-22-10-6-4-8-20(22)21-9-5-7-11-23(21)24/h4-11,14-16,24H,12-13,17-18H2,1-3H3,(H,29,30). The van der Waals surface area contributed by atoms with Gasteiger partial charge in [0.2, 0.25) is 0 Å². The molecule has 1 aliphatic rings. The van der Waals surface area contributed by atoms with Crippen LogP contribution in [0.25, 0.3) is 11.1 Å². The number of nitrogens with zero attached hydrogens (tertiary/aromatic N) is 1. The third-order valence-electron chi connectivity index (χ3n) is 5.65. The van der Waals surface area contributed by atoms with Crippen LogP contribution >= 0.6 is 0 Å². The van der Waals surface area contributed by atoms with E-state index in [1.54, 1.807) is 6.20 Å². The number of benzene rings is 2. The van der Waals surface area contributed by atoms with E-state index in [4.69, 9.17) is 9.47 Å². The Morgan fingerprint density at radius 3 is 2.24 bits per heavy atom. The summed E-state index contributed by atoms with van der Waals surface area (Å²) in [7, 11) is 0. The molecule has 0 radical (unpaired) electrons. The lowest BCUT2D eigenvalue weighted by Crippen LogP contribution is -2.24. The van der Waals surface area contributed by atoms with Crippen molar-refractivity contribution in [3.63, 3.8) is 0 Å². The molecule has 176 valence electrons. The van der Waals surface area contributed by atoms with Crippen molar-refractivity contribution >= 4 is 17.8 Å². The molecular formula is C28H30N2O4. The molecule has 2 aromatic carbocycles. The predicted molar refractivity (Wildman–Crippen MR) is 132 cm³/mol. The van der Waals surface area contributed by atoms with Crippen molar-refractivity contribution < 1.29 is 19.1 Å². The molecule has 1 heterocycles. The van der Waals surface area contributed by atoms with Gasteiger partial charge in [0.1, 0.15) is 24.6 Å². The van der Waals surface area contributed by atoms with Crippen molar-refractivity contribution in [3.8, 4) is 11.1 Å². The molecule has 0 aliphatic heterocycles. The zero-order valence-electron chi connectivity index (χ0n) is 19.8. The van der Waals surface area contributed by atoms with Crippen LogP contribution in [0.4, 0.5) is 5.82 Å². The zero-order valence-corrected chi connectivity index (χ0v) is 19.8. The number of pyridine rings is 1. The topological polar surface area (TPSA) is 77.5 Å². The summed E-state index contributed by atoms with van der Waals surface area (Å²) in [5.41, 5.74) is 5.21. The molecule has 3 aromatic rings. The van der Waals surface area contributed by atoms with Crippen LogP contribution in [0.3, 0.4) is 0 Å². The Bertz CT molecular complexity index is 1140. The molecule has 0 amide bonds. The highest BCUT2D eigenvalue weighted by Crippen LogP contribution is 2.44. The van der Waals surface area contributed by atoms with Crippen LogP contribution in [0.1, 0.15) is 49.8 Å². The van der Waals surface area contributed by atoms with Gasteiger partial charge in [0, 0.05) is 18.5 Å². The van der Waals surface area contributed by atoms with Crippen LogP contribution in [0.5, 0.6) is 0 Å². The van der Waals surface area contributed by atoms with Crippen molar-refractivity contribution in [2.24, 2.45) is 0 Å². The van der Waals surface area contributed by atoms with E-state index in [0.717, 1.165) is 5.56 Å². The molecule has 4 rings (SSSR count). The second-order valence-electron chi connectivity index (χ2n) is 9.40. The highest BCUT2D eigenvalue weighted by Gasteiger charge is 2.28. The third kappa shape index (κ3) is 5.81. The average Bonchev–Trinajstić information content (AvgIpc) is 3.13. The lowest BCUT2D eigenvalue weighted by Gasteiger charge is -2.19. The molecule has 0 bridgehead atoms. The fourth-order valence-electron chi connectivity index (χ4n) is 4.19. The summed E-state index contributed by atoms with van der Waals surface area (Å²) in [5.74, 6) is 0.0149. The molecule has 1 N–H and O–H groups in total. The first-order valence-electron chi connectivity index (χ1n) is 11.5. The van der Waals surface area contributed by atoms with Gasteiger partial charge in [0.05, 0.1) is 0 Å². The zero-order chi connectivity index (χ0) is 24.1. The molecule has 0 spiro atoms. The number of fused-ring (bicyclic) bond motifs is 3. The molecule has 34 heavy (non-hydrogen) atoms. The molecule has 6 nitrogen and oxygen atoms in total. The first-order chi connectivity index (χ1) is 16.3. The maximum Gasteiger partial charge on any atom is 0.325 e. The minimum atomic E-state index is -0.495. The fourth-order valence-corrected chi connectivity index (χ4v) is 4.19. The Balaban J connectivity index is 1.29. The Labute approximate surface area is 200 Å². The van der Waals surface area contributed by atoms with E-state index in [-0.39, 0.29) is 37.4 Å². The summed E-state index contributed by atoms with van der Waals surface area (Å²) in [5, 5.41) is 3.02. The van der Waals surface area contributed by atoms with E-state index >= 15 is 0 Å². The second-order valence-corrected chi connectivity index (χ2v) is 9.40. The van der Waals surface area contributed by atoms with Crippen molar-refractivity contribution in [3.05, 3.63) is 83.6 Å². The van der Waals surface area contributed by atoms with Crippen molar-refractivity contribution in [2.45, 2.75) is 45.1 Å². The number of rotatable bonds is 8. The molecule has 0 atom stereocenters. The van der Waals surface area contributed by atoms with E-state index in [1.165, 1.54) is 22.3 Å². The monoisotopic (exact) mass is 458 g/mol. The summed E-state index contributed by atoms with van der Waals surface area (Å²) in [6.45, 7) is 5.85. The number of ether oxygens (including phenoxy) is 2. The van der Waals surface area contributed by atoms with Crippen molar-refractivity contribution in [1.82, 2.24) is 4.98 Å². The van der Waals surface area contributed by atoms with Gasteiger partial charge >= 0.3 is 11.9 Å². The summed E-state index contributed by atoms with van der Waals surface area (Å²) < 4.78 is 11.0. The Morgan fingerprint density at radius 2 is 1.59 bits per heavy atom. The van der Waals surface area contributed by atoms with Gasteiger partial charge in [-0.25, -0.2) is 4.98 Å². The number of esters is 2. The van der Waals surface area contributed by atoms with Gasteiger partial charge in [-0.1, -0.05) is 48.5 Å². The van der Waals surface area contributed by atoms with Crippen LogP contribution in [-0.2, 0) is 25.5 Å². The van der Waals surface area contributed by atoms with Crippen molar-refractivity contribution in [2.75, 3.05) is 18.5 Å². The van der Waals surface area contributed by atoms with Gasteiger partial charge in [-0.05, 0) is 67.1 Å². The predicted octanol–water partition coefficient (Wildman–Crippen LogP) is 5.12. The molecule has 6 heteroatoms. The molecule has 0 saturated carbocycles. The first kappa shape index (κ1) is 23.5. The van der Waals surface area contributed by atoms with E-state index < -0.39 is 5.60 Å². The average molecular weight is 459 g/mol. The summed E-state index contributed by atoms with van der Waals surface area (Å²) >= 11 is 0. The SMILES string of the molecule is CC(C)(C)OC(=O)CCc1ccnc(NCC(=O)OCC2c3ccccc3-c3ccccc32)c1. The van der Waals surface area contributed by atoms with Crippen LogP contribution < -0.4 is 5.32 Å². The highest BCUT2D eigenvalue weighted by atomic mass is 16.6. The number of hydrogen-bond acceptors (Lipinski definition) is 6. The summed E-state index contributed by atoms with van der Waals surface area (Å²) in [6.07, 6.45) is 2.48. The molecular weight excluding hydrogens is 428 g/mol. The van der Waals surface area contributed by atoms with Gasteiger partial charge in [0.15, 0.2) is 0 Å². The molecule has 0 saturated heterocycles. The maximum atomic E-state index is 12.5. The Kier molecular flexibility index (Phi) is 6.96. The second kappa shape index (κ2) is 10.1. The van der Waals surface area contributed by atoms with Gasteiger partial charge in [-0.15, -0.1) is 0 Å². The third-order valence-corrected chi connectivity index (χ3v) is 5.65. The van der Waals surface area contributed by atoms with Crippen LogP contribution in [0, 0.1) is 0 Å². The number of aromatic nitrogens is 1. The molecule has 1 aliphatic carbocycles. The van der Waals surface area contributed by atoms with Gasteiger partial charge < -0.3 is 14.8 Å². The lowest BCUT2D eigenvalue weighted by molar-refractivity contribution is -0.154. The van der Waals surface area contributed by atoms with E-state index in [2.05, 4.69) is 34.6 Å². The Morgan fingerprint density at radius 1 is 0.941 bits per heavy atom. The number of hydrogen-bond donors (Lipinski definition) is 1. The van der Waals surface area contributed by atoms with Crippen molar-refractivity contribution in [1.29, 1.82) is 0 Å². The number of carbonyl (C=O) groups excluding carboxylic acids is 2. The van der Waals surface area contributed by atoms with Gasteiger partial charge in [0.25, 0.3) is 0 Å². The number of anilines is 1. The van der Waals surface area contributed by atoms with E-state index in [9.17, 15) is 9.59 Å². The normalized spacial score (nSPS) is 12.6. The maximum absolute atomic E-state index is 12.5. The van der Waals surface area contributed by atoms with Gasteiger partial charge in [-0.2, -0.15) is 0 Å². The molecule has 0 fully saturated rings. The largest absolute Gasteiger partial charge is 0.463 e. The van der Waals surface area contributed by atoms with Crippen LogP contribution in [0.15, 0.2) is 66.9 Å². The summed E-state index contributed by atoms with van der Waals surface area (Å²) in [4.78, 5) is 28.7. The minimum Gasteiger partial charge on any atom is -0.463 e. The molecule has 0 unspecified atom stereocenters. The van der Waals surface area contributed by atoms with Crippen LogP contribution in [-0.4, -0.2) is 35.7 Å². The highest BCUT2D eigenvalue weighted by molar-refractivity contribution is 5.79. The van der Waals surface area contributed by atoms with Gasteiger partial charge in [-0.3, -0.25) is 9.59 Å². The Hall–Kier alpha value is -3.67. The molecule has 1 aromatic heterocycles. The fraction of sp³-hybridized carbons (Fsp3) is 0.321. The first-order valence-corrected chi connectivity index (χ1v) is 11.5. The quantitative estimate of drug-likeness (QED) is 0.472. The van der Waals surface area contributed by atoms with E-state index in [1.807, 2.05) is 57.2 Å². The van der Waals surface area contributed by atoms with Crippen LogP contribution in [0.2, 0.25) is 0 Å². The number of aryl methyl sites for hydroxylation is 1.